The number of ether oxygens (including phenoxy) is 1. The number of urea groups is 1. The maximum atomic E-state index is 12.5. The van der Waals surface area contributed by atoms with Gasteiger partial charge >= 0.3 is 6.03 Å². The molecule has 130 valence electrons. The molecule has 0 bridgehead atoms. The number of carbonyl (C=O) groups is 3. The van der Waals surface area contributed by atoms with E-state index in [1.54, 1.807) is 21.0 Å². The molecule has 0 spiro atoms. The molecule has 1 aromatic rings. The Morgan fingerprint density at radius 1 is 1.29 bits per heavy atom. The summed E-state index contributed by atoms with van der Waals surface area (Å²) < 4.78 is 5.11. The summed E-state index contributed by atoms with van der Waals surface area (Å²) in [5.41, 5.74) is 0.0463. The fourth-order valence-corrected chi connectivity index (χ4v) is 2.64. The van der Waals surface area contributed by atoms with Crippen LogP contribution in [0.2, 0.25) is 0 Å². The number of benzene rings is 1. The van der Waals surface area contributed by atoms with Crippen molar-refractivity contribution in [1.82, 2.24) is 15.5 Å². The van der Waals surface area contributed by atoms with E-state index >= 15 is 0 Å². The van der Waals surface area contributed by atoms with Gasteiger partial charge in [0.15, 0.2) is 0 Å². The fraction of sp³-hybridized carbons (Fsp3) is 0.471. The highest BCUT2D eigenvalue weighted by Crippen LogP contribution is 2.23. The number of amides is 4. The Hall–Kier alpha value is -2.57. The van der Waals surface area contributed by atoms with Crippen molar-refractivity contribution in [2.75, 3.05) is 20.2 Å². The van der Waals surface area contributed by atoms with Crippen LogP contribution in [0.15, 0.2) is 24.3 Å². The van der Waals surface area contributed by atoms with Gasteiger partial charge in [-0.25, -0.2) is 4.79 Å². The van der Waals surface area contributed by atoms with E-state index in [-0.39, 0.29) is 18.4 Å². The van der Waals surface area contributed by atoms with Crippen molar-refractivity contribution in [2.24, 2.45) is 0 Å². The first-order valence-electron chi connectivity index (χ1n) is 7.93. The number of imide groups is 1. The molecular formula is C17H23N3O4. The normalized spacial score (nSPS) is 20.0. The third-order valence-corrected chi connectivity index (χ3v) is 4.09. The first-order valence-corrected chi connectivity index (χ1v) is 7.93. The van der Waals surface area contributed by atoms with Gasteiger partial charge in [-0.15, -0.1) is 0 Å². The number of nitrogens with one attached hydrogen (secondary N) is 2. The van der Waals surface area contributed by atoms with E-state index in [4.69, 9.17) is 4.74 Å². The number of carbonyl (C=O) groups excluding carboxylic acids is 3. The highest BCUT2D eigenvalue weighted by molar-refractivity contribution is 6.08. The second-order valence-corrected chi connectivity index (χ2v) is 5.96. The van der Waals surface area contributed by atoms with Gasteiger partial charge in [0.2, 0.25) is 5.91 Å². The van der Waals surface area contributed by atoms with E-state index in [0.29, 0.717) is 19.4 Å². The standard InChI is InChI=1S/C17H23N3O4/c1-4-18-14(21)11-20-15(22)17(2,19-16(20)23)10-9-12-5-7-13(24-3)8-6-12/h5-8H,4,9-11H2,1-3H3,(H,18,21)(H,19,23). The lowest BCUT2D eigenvalue weighted by atomic mass is 9.93. The molecule has 7 heteroatoms. The molecule has 24 heavy (non-hydrogen) atoms. The van der Waals surface area contributed by atoms with Gasteiger partial charge in [0, 0.05) is 6.54 Å². The average Bonchev–Trinajstić information content (AvgIpc) is 2.77. The van der Waals surface area contributed by atoms with E-state index in [0.717, 1.165) is 16.2 Å². The second-order valence-electron chi connectivity index (χ2n) is 5.96. The molecular weight excluding hydrogens is 310 g/mol. The van der Waals surface area contributed by atoms with Crippen LogP contribution >= 0.6 is 0 Å². The van der Waals surface area contributed by atoms with Gasteiger partial charge in [0.25, 0.3) is 5.91 Å². The van der Waals surface area contributed by atoms with Crippen molar-refractivity contribution < 1.29 is 19.1 Å². The quantitative estimate of drug-likeness (QED) is 0.731. The van der Waals surface area contributed by atoms with E-state index in [2.05, 4.69) is 10.6 Å². The zero-order chi connectivity index (χ0) is 17.7. The third-order valence-electron chi connectivity index (χ3n) is 4.09. The summed E-state index contributed by atoms with van der Waals surface area (Å²) in [6.45, 7) is 3.67. The zero-order valence-electron chi connectivity index (χ0n) is 14.2. The summed E-state index contributed by atoms with van der Waals surface area (Å²) in [5.74, 6) is 0.0518. The number of hydrogen-bond donors (Lipinski definition) is 2. The van der Waals surface area contributed by atoms with Crippen molar-refractivity contribution >= 4 is 17.8 Å². The van der Waals surface area contributed by atoms with Gasteiger partial charge in [-0.3, -0.25) is 14.5 Å². The molecule has 1 aliphatic heterocycles. The average molecular weight is 333 g/mol. The Kier molecular flexibility index (Phi) is 5.43. The van der Waals surface area contributed by atoms with Gasteiger partial charge in [0.05, 0.1) is 7.11 Å². The monoisotopic (exact) mass is 333 g/mol. The molecule has 1 heterocycles. The molecule has 4 amide bonds. The number of rotatable bonds is 7. The summed E-state index contributed by atoms with van der Waals surface area (Å²) in [4.78, 5) is 37.2. The largest absolute Gasteiger partial charge is 0.497 e. The number of likely N-dealkylation sites (N-methyl/N-ethyl adjacent to an activating group) is 1. The maximum Gasteiger partial charge on any atom is 0.325 e. The predicted molar refractivity (Wildman–Crippen MR) is 88.6 cm³/mol. The Bertz CT molecular complexity index is 629. The highest BCUT2D eigenvalue weighted by atomic mass is 16.5. The Morgan fingerprint density at radius 3 is 2.54 bits per heavy atom. The molecule has 0 aliphatic carbocycles. The molecule has 1 saturated heterocycles. The number of nitrogens with zero attached hydrogens (tertiary/aromatic N) is 1. The van der Waals surface area contributed by atoms with Crippen LogP contribution in [0.1, 0.15) is 25.8 Å². The lowest BCUT2D eigenvalue weighted by Gasteiger charge is -2.21. The van der Waals surface area contributed by atoms with Crippen LogP contribution < -0.4 is 15.4 Å². The van der Waals surface area contributed by atoms with E-state index in [1.165, 1.54) is 0 Å². The van der Waals surface area contributed by atoms with Crippen LogP contribution in [0.4, 0.5) is 4.79 Å². The van der Waals surface area contributed by atoms with Crippen molar-refractivity contribution in [2.45, 2.75) is 32.2 Å². The van der Waals surface area contributed by atoms with Crippen molar-refractivity contribution in [3.63, 3.8) is 0 Å². The minimum atomic E-state index is -0.997. The Morgan fingerprint density at radius 2 is 1.96 bits per heavy atom. The minimum Gasteiger partial charge on any atom is -0.497 e. The molecule has 7 nitrogen and oxygen atoms in total. The molecule has 2 N–H and O–H groups in total. The second kappa shape index (κ2) is 7.33. The summed E-state index contributed by atoms with van der Waals surface area (Å²) in [6, 6.07) is 7.04. The number of aryl methyl sites for hydroxylation is 1. The van der Waals surface area contributed by atoms with Crippen LogP contribution in [-0.4, -0.2) is 48.5 Å². The van der Waals surface area contributed by atoms with Crippen LogP contribution in [0.3, 0.4) is 0 Å². The first kappa shape index (κ1) is 17.8. The summed E-state index contributed by atoms with van der Waals surface area (Å²) in [5, 5.41) is 5.29. The molecule has 1 atom stereocenters. The molecule has 0 radical (unpaired) electrons. The van der Waals surface area contributed by atoms with Crippen molar-refractivity contribution in [3.05, 3.63) is 29.8 Å². The summed E-state index contributed by atoms with van der Waals surface area (Å²) in [6.07, 6.45) is 1.08. The maximum absolute atomic E-state index is 12.5. The van der Waals surface area contributed by atoms with Crippen LogP contribution in [0.25, 0.3) is 0 Å². The van der Waals surface area contributed by atoms with Gasteiger partial charge in [-0.2, -0.15) is 0 Å². The molecule has 0 aromatic heterocycles. The minimum absolute atomic E-state index is 0.253. The number of hydrogen-bond acceptors (Lipinski definition) is 4. The molecule has 0 saturated carbocycles. The summed E-state index contributed by atoms with van der Waals surface area (Å²) in [7, 11) is 1.60. The van der Waals surface area contributed by atoms with Crippen LogP contribution in [0, 0.1) is 0 Å². The highest BCUT2D eigenvalue weighted by Gasteiger charge is 2.47. The van der Waals surface area contributed by atoms with E-state index in [9.17, 15) is 14.4 Å². The molecule has 1 aromatic carbocycles. The van der Waals surface area contributed by atoms with Crippen LogP contribution in [-0.2, 0) is 16.0 Å². The number of methoxy groups -OCH3 is 1. The fourth-order valence-electron chi connectivity index (χ4n) is 2.64. The summed E-state index contributed by atoms with van der Waals surface area (Å²) >= 11 is 0. The van der Waals surface area contributed by atoms with Crippen molar-refractivity contribution in [3.8, 4) is 5.75 Å². The Balaban J connectivity index is 2.00. The lowest BCUT2D eigenvalue weighted by molar-refractivity contribution is -0.134. The molecule has 1 aliphatic rings. The molecule has 1 unspecified atom stereocenters. The van der Waals surface area contributed by atoms with Gasteiger partial charge < -0.3 is 15.4 Å². The molecule has 2 rings (SSSR count). The lowest BCUT2D eigenvalue weighted by Crippen LogP contribution is -2.45. The molecule has 1 fully saturated rings. The van der Waals surface area contributed by atoms with E-state index in [1.807, 2.05) is 24.3 Å². The van der Waals surface area contributed by atoms with Crippen LogP contribution in [0.5, 0.6) is 5.75 Å². The zero-order valence-corrected chi connectivity index (χ0v) is 14.2. The predicted octanol–water partition coefficient (Wildman–Crippen LogP) is 1.07. The smallest absolute Gasteiger partial charge is 0.325 e. The first-order chi connectivity index (χ1) is 11.4. The van der Waals surface area contributed by atoms with Gasteiger partial charge in [-0.1, -0.05) is 12.1 Å². The third kappa shape index (κ3) is 3.84. The topological polar surface area (TPSA) is 87.7 Å². The SMILES string of the molecule is CCNC(=O)CN1C(=O)NC(C)(CCc2ccc(OC)cc2)C1=O. The Labute approximate surface area is 141 Å². The van der Waals surface area contributed by atoms with Gasteiger partial charge in [-0.05, 0) is 44.4 Å². The van der Waals surface area contributed by atoms with E-state index < -0.39 is 11.6 Å². The van der Waals surface area contributed by atoms with Crippen molar-refractivity contribution in [1.29, 1.82) is 0 Å². The van der Waals surface area contributed by atoms with Gasteiger partial charge in [0.1, 0.15) is 17.8 Å².